The molecule has 0 aliphatic rings. The van der Waals surface area contributed by atoms with Crippen molar-refractivity contribution in [2.75, 3.05) is 0 Å². The molecule has 3 aromatic rings. The van der Waals surface area contributed by atoms with Gasteiger partial charge >= 0.3 is 0 Å². The fraction of sp³-hybridized carbons (Fsp3) is 0.176. The Balaban J connectivity index is 2.44. The first-order valence-corrected chi connectivity index (χ1v) is 7.95. The van der Waals surface area contributed by atoms with Crippen molar-refractivity contribution < 1.29 is 4.39 Å². The van der Waals surface area contributed by atoms with Crippen molar-refractivity contribution in [3.63, 3.8) is 0 Å². The molecule has 0 amide bonds. The summed E-state index contributed by atoms with van der Waals surface area (Å²) in [5.41, 5.74) is 0.672. The van der Waals surface area contributed by atoms with Gasteiger partial charge in [0.05, 0.1) is 16.0 Å². The van der Waals surface area contributed by atoms with Crippen LogP contribution < -0.4 is 5.56 Å². The van der Waals surface area contributed by atoms with Crippen LogP contribution in [0.2, 0.25) is 0 Å². The van der Waals surface area contributed by atoms with Crippen molar-refractivity contribution in [2.45, 2.75) is 18.2 Å². The molecule has 22 heavy (non-hydrogen) atoms. The molecule has 1 unspecified atom stereocenters. The fourth-order valence-electron chi connectivity index (χ4n) is 2.43. The van der Waals surface area contributed by atoms with Crippen LogP contribution in [0.4, 0.5) is 4.39 Å². The van der Waals surface area contributed by atoms with Crippen LogP contribution in [0.5, 0.6) is 0 Å². The summed E-state index contributed by atoms with van der Waals surface area (Å²) in [6.07, 6.45) is 0.764. The third kappa shape index (κ3) is 2.46. The summed E-state index contributed by atoms with van der Waals surface area (Å²) >= 11 is 3.56. The Morgan fingerprint density at radius 2 is 1.91 bits per heavy atom. The van der Waals surface area contributed by atoms with Gasteiger partial charge in [0.2, 0.25) is 0 Å². The molecule has 0 radical (unpaired) electrons. The molecule has 1 atom stereocenters. The average molecular weight is 361 g/mol. The van der Waals surface area contributed by atoms with Gasteiger partial charge in [-0.3, -0.25) is 9.36 Å². The lowest BCUT2D eigenvalue weighted by atomic mass is 10.2. The van der Waals surface area contributed by atoms with Crippen LogP contribution in [0.3, 0.4) is 0 Å². The van der Waals surface area contributed by atoms with E-state index in [9.17, 15) is 9.18 Å². The predicted octanol–water partition coefficient (Wildman–Crippen LogP) is 4.37. The molecule has 1 aromatic heterocycles. The van der Waals surface area contributed by atoms with E-state index in [-0.39, 0.29) is 15.8 Å². The maximum atomic E-state index is 14.1. The van der Waals surface area contributed by atoms with Gasteiger partial charge < -0.3 is 0 Å². The molecule has 0 aliphatic carbocycles. The lowest BCUT2D eigenvalue weighted by Gasteiger charge is -2.16. The number of alkyl halides is 1. The molecule has 3 rings (SSSR count). The summed E-state index contributed by atoms with van der Waals surface area (Å²) in [4.78, 5) is 17.3. The molecule has 1 heterocycles. The van der Waals surface area contributed by atoms with Gasteiger partial charge in [-0.25, -0.2) is 9.37 Å². The average Bonchev–Trinajstić information content (AvgIpc) is 2.54. The zero-order chi connectivity index (χ0) is 15.7. The van der Waals surface area contributed by atoms with Crippen LogP contribution in [0.1, 0.15) is 24.0 Å². The molecule has 5 heteroatoms. The van der Waals surface area contributed by atoms with Crippen LogP contribution in [-0.4, -0.2) is 9.55 Å². The summed E-state index contributed by atoms with van der Waals surface area (Å²) in [6.45, 7) is 2.00. The first-order chi connectivity index (χ1) is 10.6. The highest BCUT2D eigenvalue weighted by molar-refractivity contribution is 9.09. The first-order valence-electron chi connectivity index (χ1n) is 7.04. The van der Waals surface area contributed by atoms with E-state index >= 15 is 0 Å². The van der Waals surface area contributed by atoms with Crippen LogP contribution in [0, 0.1) is 5.82 Å². The summed E-state index contributed by atoms with van der Waals surface area (Å²) < 4.78 is 15.6. The molecule has 0 bridgehead atoms. The number of aromatic nitrogens is 2. The third-order valence-electron chi connectivity index (χ3n) is 3.53. The standard InChI is InChI=1S/C17H14BrFN2O/c1-2-12(18)16-20-14-10-6-9-13(19)15(14)17(22)21(16)11-7-4-3-5-8-11/h3-10,12H,2H2,1H3. The van der Waals surface area contributed by atoms with Crippen molar-refractivity contribution in [2.24, 2.45) is 0 Å². The van der Waals surface area contributed by atoms with Crippen LogP contribution in [0.15, 0.2) is 53.3 Å². The Bertz CT molecular complexity index is 877. The lowest BCUT2D eigenvalue weighted by molar-refractivity contribution is 0.636. The first kappa shape index (κ1) is 14.9. The van der Waals surface area contributed by atoms with E-state index in [2.05, 4.69) is 20.9 Å². The van der Waals surface area contributed by atoms with E-state index in [0.29, 0.717) is 17.0 Å². The molecule has 0 saturated heterocycles. The molecule has 2 aromatic carbocycles. The maximum absolute atomic E-state index is 14.1. The highest BCUT2D eigenvalue weighted by Crippen LogP contribution is 2.27. The summed E-state index contributed by atoms with van der Waals surface area (Å²) in [6, 6.07) is 13.7. The van der Waals surface area contributed by atoms with Gasteiger partial charge in [-0.1, -0.05) is 47.1 Å². The Labute approximate surface area is 135 Å². The van der Waals surface area contributed by atoms with E-state index in [1.165, 1.54) is 10.6 Å². The minimum Gasteiger partial charge on any atom is -0.268 e. The SMILES string of the molecule is CCC(Br)c1nc2cccc(F)c2c(=O)n1-c1ccccc1. The summed E-state index contributed by atoms with van der Waals surface area (Å²) in [5, 5.41) is 0.0194. The van der Waals surface area contributed by atoms with Crippen LogP contribution in [-0.2, 0) is 0 Å². The second-order valence-electron chi connectivity index (χ2n) is 4.96. The molecule has 0 fully saturated rings. The fourth-order valence-corrected chi connectivity index (χ4v) is 2.73. The van der Waals surface area contributed by atoms with Crippen molar-refractivity contribution in [1.29, 1.82) is 0 Å². The maximum Gasteiger partial charge on any atom is 0.268 e. The minimum absolute atomic E-state index is 0.0194. The normalized spacial score (nSPS) is 12.5. The largest absolute Gasteiger partial charge is 0.268 e. The van der Waals surface area contributed by atoms with E-state index < -0.39 is 5.82 Å². The second-order valence-corrected chi connectivity index (χ2v) is 6.06. The monoisotopic (exact) mass is 360 g/mol. The zero-order valence-corrected chi connectivity index (χ0v) is 13.5. The topological polar surface area (TPSA) is 34.9 Å². The van der Waals surface area contributed by atoms with E-state index in [0.717, 1.165) is 6.42 Å². The van der Waals surface area contributed by atoms with Gasteiger partial charge in [0.25, 0.3) is 5.56 Å². The van der Waals surface area contributed by atoms with E-state index in [4.69, 9.17) is 0 Å². The van der Waals surface area contributed by atoms with E-state index in [1.54, 1.807) is 12.1 Å². The Hall–Kier alpha value is -2.01. The van der Waals surface area contributed by atoms with Crippen molar-refractivity contribution in [1.82, 2.24) is 9.55 Å². The smallest absolute Gasteiger partial charge is 0.268 e. The number of benzene rings is 2. The number of halogens is 2. The van der Waals surface area contributed by atoms with Gasteiger partial charge in [-0.05, 0) is 30.7 Å². The quantitative estimate of drug-likeness (QED) is 0.650. The predicted molar refractivity (Wildman–Crippen MR) is 89.3 cm³/mol. The molecule has 0 N–H and O–H groups in total. The minimum atomic E-state index is -0.547. The van der Waals surface area contributed by atoms with Gasteiger partial charge in [0.1, 0.15) is 17.0 Å². The number of hydrogen-bond donors (Lipinski definition) is 0. The van der Waals surface area contributed by atoms with Crippen molar-refractivity contribution >= 4 is 26.8 Å². The Morgan fingerprint density at radius 3 is 2.59 bits per heavy atom. The molecule has 3 nitrogen and oxygen atoms in total. The number of para-hydroxylation sites is 1. The lowest BCUT2D eigenvalue weighted by Crippen LogP contribution is -2.25. The third-order valence-corrected chi connectivity index (χ3v) is 4.58. The molecule has 0 saturated carbocycles. The highest BCUT2D eigenvalue weighted by atomic mass is 79.9. The van der Waals surface area contributed by atoms with Gasteiger partial charge in [0.15, 0.2) is 0 Å². The van der Waals surface area contributed by atoms with Crippen molar-refractivity contribution in [3.05, 3.63) is 70.5 Å². The number of nitrogens with zero attached hydrogens (tertiary/aromatic N) is 2. The Kier molecular flexibility index (Phi) is 4.07. The molecular weight excluding hydrogens is 347 g/mol. The summed E-state index contributed by atoms with van der Waals surface area (Å²) in [7, 11) is 0. The number of rotatable bonds is 3. The van der Waals surface area contributed by atoms with E-state index in [1.807, 2.05) is 37.3 Å². The van der Waals surface area contributed by atoms with Gasteiger partial charge in [-0.2, -0.15) is 0 Å². The number of hydrogen-bond acceptors (Lipinski definition) is 2. The molecule has 0 spiro atoms. The molecule has 112 valence electrons. The zero-order valence-electron chi connectivity index (χ0n) is 12.0. The number of fused-ring (bicyclic) bond motifs is 1. The van der Waals surface area contributed by atoms with Crippen LogP contribution in [0.25, 0.3) is 16.6 Å². The highest BCUT2D eigenvalue weighted by Gasteiger charge is 2.19. The summed E-state index contributed by atoms with van der Waals surface area (Å²) in [5.74, 6) is 0.0330. The van der Waals surface area contributed by atoms with Gasteiger partial charge in [-0.15, -0.1) is 0 Å². The Morgan fingerprint density at radius 1 is 1.18 bits per heavy atom. The van der Waals surface area contributed by atoms with Crippen LogP contribution >= 0.6 is 15.9 Å². The van der Waals surface area contributed by atoms with Crippen molar-refractivity contribution in [3.8, 4) is 5.69 Å². The second kappa shape index (κ2) is 6.01. The van der Waals surface area contributed by atoms with Gasteiger partial charge in [0, 0.05) is 0 Å². The molecule has 0 aliphatic heterocycles. The molecular formula is C17H14BrFN2O.